The molecular weight excluding hydrogens is 346 g/mol. The number of likely N-dealkylation sites (tertiary alicyclic amines) is 1. The van der Waals surface area contributed by atoms with E-state index in [1.807, 2.05) is 27.7 Å². The Hall–Kier alpha value is -1.14. The molecule has 0 saturated carbocycles. The molecule has 0 spiro atoms. The first-order chi connectivity index (χ1) is 12.5. The largest absolute Gasteiger partial charge is 0.481 e. The lowest BCUT2D eigenvalue weighted by Gasteiger charge is -2.60. The van der Waals surface area contributed by atoms with Crippen molar-refractivity contribution in [1.29, 1.82) is 0 Å². The van der Waals surface area contributed by atoms with Crippen molar-refractivity contribution in [3.05, 3.63) is 0 Å². The zero-order chi connectivity index (χ0) is 20.7. The van der Waals surface area contributed by atoms with Crippen LogP contribution in [0, 0.1) is 0 Å². The summed E-state index contributed by atoms with van der Waals surface area (Å²) in [6.45, 7) is 10.7. The van der Waals surface area contributed by atoms with Crippen LogP contribution in [-0.2, 0) is 14.4 Å². The normalized spacial score (nSPS) is 21.5. The fourth-order valence-corrected chi connectivity index (χ4v) is 5.02. The maximum atomic E-state index is 12.2. The quantitative estimate of drug-likeness (QED) is 0.373. The van der Waals surface area contributed by atoms with E-state index >= 15 is 0 Å². The zero-order valence-electron chi connectivity index (χ0n) is 17.9. The summed E-state index contributed by atoms with van der Waals surface area (Å²) in [5, 5.41) is 19.3. The van der Waals surface area contributed by atoms with E-state index in [4.69, 9.17) is 4.84 Å². The molecule has 0 amide bonds. The maximum absolute atomic E-state index is 12.2. The van der Waals surface area contributed by atoms with Crippen LogP contribution in [0.1, 0.15) is 98.8 Å². The Labute approximate surface area is 164 Å². The predicted molar refractivity (Wildman–Crippen MR) is 105 cm³/mol. The standard InChI is InChI=1S/C21H39NO5/c1-6-7-8-9-10-11-15-27-22(17(19(25)26)16-18(23)24)20(2,3)13-12-14-21(22,4)5/h17H,6-16H2,1-5H3,(H-,23,24,25,26)/p+1. The summed E-state index contributed by atoms with van der Waals surface area (Å²) < 4.78 is -0.114. The third-order valence-corrected chi connectivity index (χ3v) is 6.26. The minimum absolute atomic E-state index is 0.114. The predicted octanol–water partition coefficient (Wildman–Crippen LogP) is 4.76. The van der Waals surface area contributed by atoms with Crippen LogP contribution in [0.25, 0.3) is 0 Å². The highest BCUT2D eigenvalue weighted by atomic mass is 16.7. The van der Waals surface area contributed by atoms with Crippen molar-refractivity contribution in [3.8, 4) is 0 Å². The van der Waals surface area contributed by atoms with Crippen LogP contribution < -0.4 is 0 Å². The van der Waals surface area contributed by atoms with E-state index in [0.29, 0.717) is 6.61 Å². The third kappa shape index (κ3) is 5.44. The molecule has 1 atom stereocenters. The summed E-state index contributed by atoms with van der Waals surface area (Å²) in [7, 11) is 0. The Morgan fingerprint density at radius 1 is 0.963 bits per heavy atom. The van der Waals surface area contributed by atoms with E-state index in [1.165, 1.54) is 19.3 Å². The number of quaternary nitrogens is 1. The third-order valence-electron chi connectivity index (χ3n) is 6.26. The number of carboxylic acids is 2. The summed E-state index contributed by atoms with van der Waals surface area (Å²) in [6, 6.07) is -1.12. The zero-order valence-corrected chi connectivity index (χ0v) is 17.9. The molecule has 1 fully saturated rings. The highest BCUT2D eigenvalue weighted by molar-refractivity contribution is 5.79. The van der Waals surface area contributed by atoms with Gasteiger partial charge in [0.05, 0.1) is 0 Å². The summed E-state index contributed by atoms with van der Waals surface area (Å²) in [4.78, 5) is 30.1. The van der Waals surface area contributed by atoms with Gasteiger partial charge in [0, 0.05) is 12.8 Å². The second-order valence-corrected chi connectivity index (χ2v) is 9.19. The van der Waals surface area contributed by atoms with Gasteiger partial charge in [-0.3, -0.25) is 4.79 Å². The van der Waals surface area contributed by atoms with Crippen molar-refractivity contribution in [1.82, 2.24) is 0 Å². The van der Waals surface area contributed by atoms with Gasteiger partial charge in [-0.05, 0) is 40.5 Å². The van der Waals surface area contributed by atoms with Gasteiger partial charge in [-0.1, -0.05) is 39.0 Å². The molecule has 6 heteroatoms. The molecule has 0 bridgehead atoms. The van der Waals surface area contributed by atoms with Gasteiger partial charge in [-0.25, -0.2) is 9.63 Å². The first kappa shape index (κ1) is 23.9. The second-order valence-electron chi connectivity index (χ2n) is 9.19. The van der Waals surface area contributed by atoms with Crippen molar-refractivity contribution in [2.75, 3.05) is 6.61 Å². The van der Waals surface area contributed by atoms with E-state index in [0.717, 1.165) is 38.5 Å². The second kappa shape index (κ2) is 9.87. The first-order valence-electron chi connectivity index (χ1n) is 10.5. The number of rotatable bonds is 12. The number of nitrogens with zero attached hydrogens (tertiary/aromatic N) is 1. The van der Waals surface area contributed by atoms with E-state index in [1.54, 1.807) is 0 Å². The van der Waals surface area contributed by atoms with Gasteiger partial charge < -0.3 is 10.2 Å². The van der Waals surface area contributed by atoms with Crippen molar-refractivity contribution in [2.24, 2.45) is 0 Å². The van der Waals surface area contributed by atoms with Gasteiger partial charge in [0.25, 0.3) is 0 Å². The lowest BCUT2D eigenvalue weighted by atomic mass is 9.76. The Kier molecular flexibility index (Phi) is 8.74. The van der Waals surface area contributed by atoms with E-state index < -0.39 is 35.5 Å². The smallest absolute Gasteiger partial charge is 0.366 e. The molecule has 158 valence electrons. The van der Waals surface area contributed by atoms with Gasteiger partial charge in [-0.2, -0.15) is 4.65 Å². The number of hydroxylamine groups is 3. The lowest BCUT2D eigenvalue weighted by molar-refractivity contribution is -1.18. The number of carboxylic acid groups (broad SMARTS) is 2. The average Bonchev–Trinajstić information content (AvgIpc) is 2.53. The molecule has 2 N–H and O–H groups in total. The molecular formula is C21H40NO5+. The molecule has 1 aliphatic rings. The van der Waals surface area contributed by atoms with Crippen molar-refractivity contribution < 1.29 is 29.3 Å². The Balaban J connectivity index is 3.08. The van der Waals surface area contributed by atoms with Gasteiger partial charge in [0.15, 0.2) is 0 Å². The molecule has 1 unspecified atom stereocenters. The molecule has 0 aromatic carbocycles. The molecule has 0 aromatic rings. The number of unbranched alkanes of at least 4 members (excludes halogenated alkanes) is 5. The van der Waals surface area contributed by atoms with Crippen LogP contribution in [0.15, 0.2) is 0 Å². The summed E-state index contributed by atoms with van der Waals surface area (Å²) in [5.74, 6) is -2.19. The maximum Gasteiger partial charge on any atom is 0.366 e. The fourth-order valence-electron chi connectivity index (χ4n) is 5.02. The number of aliphatic carboxylic acids is 2. The highest BCUT2D eigenvalue weighted by Gasteiger charge is 2.65. The minimum Gasteiger partial charge on any atom is -0.481 e. The van der Waals surface area contributed by atoms with Crippen LogP contribution >= 0.6 is 0 Å². The van der Waals surface area contributed by atoms with Crippen molar-refractivity contribution in [2.45, 2.75) is 116 Å². The molecule has 27 heavy (non-hydrogen) atoms. The Morgan fingerprint density at radius 2 is 1.48 bits per heavy atom. The van der Waals surface area contributed by atoms with Crippen molar-refractivity contribution in [3.63, 3.8) is 0 Å². The average molecular weight is 387 g/mol. The number of hydrogen-bond acceptors (Lipinski definition) is 3. The molecule has 0 aliphatic carbocycles. The van der Waals surface area contributed by atoms with Crippen LogP contribution in [0.5, 0.6) is 0 Å². The number of carbonyl (C=O) groups is 2. The van der Waals surface area contributed by atoms with Crippen LogP contribution in [0.2, 0.25) is 0 Å². The van der Waals surface area contributed by atoms with Gasteiger partial charge in [0.1, 0.15) is 24.1 Å². The van der Waals surface area contributed by atoms with Crippen LogP contribution in [0.3, 0.4) is 0 Å². The SMILES string of the molecule is CCCCCCCCO[N+]1(C(CC(=O)O)C(=O)O)C(C)(C)CCCC1(C)C. The molecule has 1 aliphatic heterocycles. The number of hydrogen-bond donors (Lipinski definition) is 2. The lowest BCUT2D eigenvalue weighted by Crippen LogP contribution is -2.78. The summed E-state index contributed by atoms with van der Waals surface area (Å²) >= 11 is 0. The molecule has 6 nitrogen and oxygen atoms in total. The van der Waals surface area contributed by atoms with Crippen molar-refractivity contribution >= 4 is 11.9 Å². The van der Waals surface area contributed by atoms with Gasteiger partial charge in [-0.15, -0.1) is 0 Å². The Bertz CT molecular complexity index is 485. The highest BCUT2D eigenvalue weighted by Crippen LogP contribution is 2.49. The van der Waals surface area contributed by atoms with E-state index in [2.05, 4.69) is 6.92 Å². The van der Waals surface area contributed by atoms with E-state index in [9.17, 15) is 19.8 Å². The van der Waals surface area contributed by atoms with Crippen LogP contribution in [-0.4, -0.2) is 50.5 Å². The summed E-state index contributed by atoms with van der Waals surface area (Å²) in [5.41, 5.74) is -0.940. The monoisotopic (exact) mass is 386 g/mol. The molecule has 0 radical (unpaired) electrons. The summed E-state index contributed by atoms with van der Waals surface area (Å²) in [6.07, 6.45) is 8.92. The fraction of sp³-hybridized carbons (Fsp3) is 0.905. The Morgan fingerprint density at radius 3 is 1.96 bits per heavy atom. The van der Waals surface area contributed by atoms with Gasteiger partial charge in [0.2, 0.25) is 6.04 Å². The first-order valence-corrected chi connectivity index (χ1v) is 10.5. The molecule has 1 saturated heterocycles. The minimum atomic E-state index is -1.12. The molecule has 1 heterocycles. The van der Waals surface area contributed by atoms with Crippen LogP contribution in [0.4, 0.5) is 0 Å². The van der Waals surface area contributed by atoms with Gasteiger partial charge >= 0.3 is 11.9 Å². The topological polar surface area (TPSA) is 83.8 Å². The molecule has 0 aromatic heterocycles. The number of piperidine rings is 1. The van der Waals surface area contributed by atoms with E-state index in [-0.39, 0.29) is 4.65 Å². The molecule has 1 rings (SSSR count).